The third-order valence-electron chi connectivity index (χ3n) is 5.53. The molecule has 1 aromatic rings. The Labute approximate surface area is 173 Å². The number of halogens is 2. The number of anilines is 1. The standard InChI is InChI=1S/C19H28N4O2.2ClH/c20-17(24)15-6-10-23(11-7-15)13-14-4-3-5-16(12-14)22-18(25)19(21)8-1-2-9-19;;/h3-5,12,15H,1-2,6-11,13,21H2,(H2,20,24)(H,22,25);2*1H. The quantitative estimate of drug-likeness (QED) is 0.685. The van der Waals surface area contributed by atoms with Crippen LogP contribution in [-0.2, 0) is 16.1 Å². The molecule has 1 saturated heterocycles. The van der Waals surface area contributed by atoms with Crippen LogP contribution in [0.15, 0.2) is 24.3 Å². The maximum Gasteiger partial charge on any atom is 0.244 e. The van der Waals surface area contributed by atoms with Crippen LogP contribution in [0, 0.1) is 5.92 Å². The van der Waals surface area contributed by atoms with E-state index in [-0.39, 0.29) is 42.5 Å². The molecule has 3 rings (SSSR count). The van der Waals surface area contributed by atoms with E-state index in [1.165, 1.54) is 0 Å². The number of likely N-dealkylation sites (tertiary alicyclic amines) is 1. The smallest absolute Gasteiger partial charge is 0.244 e. The predicted molar refractivity (Wildman–Crippen MR) is 112 cm³/mol. The van der Waals surface area contributed by atoms with Crippen LogP contribution in [0.3, 0.4) is 0 Å². The van der Waals surface area contributed by atoms with E-state index >= 15 is 0 Å². The molecular weight excluding hydrogens is 387 g/mol. The summed E-state index contributed by atoms with van der Waals surface area (Å²) in [6.07, 6.45) is 5.19. The van der Waals surface area contributed by atoms with Crippen molar-refractivity contribution in [3.8, 4) is 0 Å². The molecule has 2 fully saturated rings. The van der Waals surface area contributed by atoms with E-state index in [0.717, 1.165) is 69.4 Å². The molecule has 0 spiro atoms. The molecule has 2 amide bonds. The minimum atomic E-state index is -0.716. The molecule has 0 unspecified atom stereocenters. The van der Waals surface area contributed by atoms with Gasteiger partial charge in [0.2, 0.25) is 11.8 Å². The highest BCUT2D eigenvalue weighted by Crippen LogP contribution is 2.28. The number of primary amides is 1. The number of nitrogens with zero attached hydrogens (tertiary/aromatic N) is 1. The first kappa shape index (κ1) is 23.7. The van der Waals surface area contributed by atoms with E-state index in [9.17, 15) is 9.59 Å². The SMILES string of the molecule is Cl.Cl.NC(=O)C1CCN(Cc2cccc(NC(=O)C3(N)CCCC3)c2)CC1. The van der Waals surface area contributed by atoms with Gasteiger partial charge >= 0.3 is 0 Å². The molecule has 6 nitrogen and oxygen atoms in total. The van der Waals surface area contributed by atoms with Gasteiger partial charge in [-0.05, 0) is 56.5 Å². The van der Waals surface area contributed by atoms with E-state index in [1.54, 1.807) is 0 Å². The van der Waals surface area contributed by atoms with Crippen LogP contribution in [0.2, 0.25) is 0 Å². The topological polar surface area (TPSA) is 101 Å². The second-order valence-electron chi connectivity index (χ2n) is 7.47. The lowest BCUT2D eigenvalue weighted by Gasteiger charge is -2.30. The summed E-state index contributed by atoms with van der Waals surface area (Å²) in [7, 11) is 0. The van der Waals surface area contributed by atoms with Gasteiger partial charge in [0.15, 0.2) is 0 Å². The summed E-state index contributed by atoms with van der Waals surface area (Å²) in [4.78, 5) is 26.0. The van der Waals surface area contributed by atoms with Gasteiger partial charge in [-0.15, -0.1) is 24.8 Å². The first-order valence-corrected chi connectivity index (χ1v) is 9.17. The van der Waals surface area contributed by atoms with Crippen molar-refractivity contribution in [2.24, 2.45) is 17.4 Å². The summed E-state index contributed by atoms with van der Waals surface area (Å²) in [6.45, 7) is 2.55. The van der Waals surface area contributed by atoms with Crippen LogP contribution in [0.5, 0.6) is 0 Å². The molecule has 1 aliphatic carbocycles. The fourth-order valence-electron chi connectivity index (χ4n) is 3.87. The molecular formula is C19H30Cl2N4O2. The average Bonchev–Trinajstić information content (AvgIpc) is 3.04. The molecule has 1 aromatic carbocycles. The number of nitrogens with one attached hydrogen (secondary N) is 1. The molecule has 2 aliphatic rings. The molecule has 0 bridgehead atoms. The molecule has 152 valence electrons. The van der Waals surface area contributed by atoms with Crippen LogP contribution in [0.25, 0.3) is 0 Å². The minimum absolute atomic E-state index is 0. The molecule has 8 heteroatoms. The van der Waals surface area contributed by atoms with E-state index in [1.807, 2.05) is 18.2 Å². The first-order chi connectivity index (χ1) is 12.0. The molecule has 0 aromatic heterocycles. The fraction of sp³-hybridized carbons (Fsp3) is 0.579. The van der Waals surface area contributed by atoms with Crippen LogP contribution in [-0.4, -0.2) is 35.3 Å². The van der Waals surface area contributed by atoms with Gasteiger partial charge in [0.05, 0.1) is 5.54 Å². The van der Waals surface area contributed by atoms with E-state index in [0.29, 0.717) is 0 Å². The third kappa shape index (κ3) is 6.07. The number of amides is 2. The number of carbonyl (C=O) groups excluding carboxylic acids is 2. The summed E-state index contributed by atoms with van der Waals surface area (Å²) >= 11 is 0. The zero-order valence-corrected chi connectivity index (χ0v) is 17.1. The van der Waals surface area contributed by atoms with Gasteiger partial charge in [0, 0.05) is 18.2 Å². The van der Waals surface area contributed by atoms with Crippen LogP contribution in [0.4, 0.5) is 5.69 Å². The van der Waals surface area contributed by atoms with Crippen molar-refractivity contribution in [2.45, 2.75) is 50.6 Å². The number of hydrogen-bond acceptors (Lipinski definition) is 4. The number of carbonyl (C=O) groups is 2. The van der Waals surface area contributed by atoms with Gasteiger partial charge in [0.1, 0.15) is 0 Å². The van der Waals surface area contributed by atoms with Crippen molar-refractivity contribution in [3.63, 3.8) is 0 Å². The molecule has 1 aliphatic heterocycles. The maximum absolute atomic E-state index is 12.4. The summed E-state index contributed by atoms with van der Waals surface area (Å²) in [5.41, 5.74) is 12.8. The summed E-state index contributed by atoms with van der Waals surface area (Å²) in [5.74, 6) is -0.259. The molecule has 1 saturated carbocycles. The lowest BCUT2D eigenvalue weighted by Crippen LogP contribution is -2.48. The number of rotatable bonds is 5. The molecule has 0 atom stereocenters. The highest BCUT2D eigenvalue weighted by molar-refractivity contribution is 5.98. The first-order valence-electron chi connectivity index (χ1n) is 9.17. The van der Waals surface area contributed by atoms with Gasteiger partial charge < -0.3 is 16.8 Å². The van der Waals surface area contributed by atoms with Crippen molar-refractivity contribution in [1.82, 2.24) is 4.90 Å². The Kier molecular flexibility index (Phi) is 9.02. The highest BCUT2D eigenvalue weighted by atomic mass is 35.5. The number of piperidine rings is 1. The van der Waals surface area contributed by atoms with Gasteiger partial charge in [0.25, 0.3) is 0 Å². The summed E-state index contributed by atoms with van der Waals surface area (Å²) in [5, 5.41) is 2.98. The Morgan fingerprint density at radius 2 is 1.78 bits per heavy atom. The Morgan fingerprint density at radius 1 is 1.15 bits per heavy atom. The Balaban J connectivity index is 0.00000182. The average molecular weight is 417 g/mol. The van der Waals surface area contributed by atoms with Crippen LogP contribution < -0.4 is 16.8 Å². The Bertz CT molecular complexity index is 642. The summed E-state index contributed by atoms with van der Waals surface area (Å²) in [6, 6.07) is 7.93. The predicted octanol–water partition coefficient (Wildman–Crippen LogP) is 2.44. The monoisotopic (exact) mass is 416 g/mol. The van der Waals surface area contributed by atoms with Gasteiger partial charge in [-0.1, -0.05) is 25.0 Å². The number of nitrogens with two attached hydrogens (primary N) is 2. The zero-order valence-electron chi connectivity index (χ0n) is 15.5. The Morgan fingerprint density at radius 3 is 2.37 bits per heavy atom. The van der Waals surface area contributed by atoms with Crippen molar-refractivity contribution in [2.75, 3.05) is 18.4 Å². The lowest BCUT2D eigenvalue weighted by atomic mass is 9.96. The van der Waals surface area contributed by atoms with E-state index in [2.05, 4.69) is 16.3 Å². The van der Waals surface area contributed by atoms with Crippen LogP contribution >= 0.6 is 24.8 Å². The maximum atomic E-state index is 12.4. The van der Waals surface area contributed by atoms with Crippen molar-refractivity contribution < 1.29 is 9.59 Å². The van der Waals surface area contributed by atoms with Gasteiger partial charge in [-0.25, -0.2) is 0 Å². The van der Waals surface area contributed by atoms with Crippen molar-refractivity contribution >= 4 is 42.3 Å². The molecule has 1 heterocycles. The minimum Gasteiger partial charge on any atom is -0.369 e. The normalized spacial score (nSPS) is 19.6. The molecule has 27 heavy (non-hydrogen) atoms. The zero-order chi connectivity index (χ0) is 17.9. The van der Waals surface area contributed by atoms with Gasteiger partial charge in [-0.2, -0.15) is 0 Å². The largest absolute Gasteiger partial charge is 0.369 e. The summed E-state index contributed by atoms with van der Waals surface area (Å²) < 4.78 is 0. The Hall–Kier alpha value is -1.34. The number of hydrogen-bond donors (Lipinski definition) is 3. The van der Waals surface area contributed by atoms with Crippen molar-refractivity contribution in [1.29, 1.82) is 0 Å². The van der Waals surface area contributed by atoms with E-state index < -0.39 is 5.54 Å². The van der Waals surface area contributed by atoms with E-state index in [4.69, 9.17) is 11.5 Å². The number of benzene rings is 1. The highest BCUT2D eigenvalue weighted by Gasteiger charge is 2.37. The molecule has 5 N–H and O–H groups in total. The fourth-order valence-corrected chi connectivity index (χ4v) is 3.87. The third-order valence-corrected chi connectivity index (χ3v) is 5.53. The van der Waals surface area contributed by atoms with Crippen LogP contribution in [0.1, 0.15) is 44.1 Å². The second kappa shape index (κ2) is 10.3. The lowest BCUT2D eigenvalue weighted by molar-refractivity contribution is -0.123. The second-order valence-corrected chi connectivity index (χ2v) is 7.47. The molecule has 0 radical (unpaired) electrons. The van der Waals surface area contributed by atoms with Gasteiger partial charge in [-0.3, -0.25) is 14.5 Å². The van der Waals surface area contributed by atoms with Crippen molar-refractivity contribution in [3.05, 3.63) is 29.8 Å².